The third-order valence-electron chi connectivity index (χ3n) is 9.63. The molecule has 1 amide bonds. The van der Waals surface area contributed by atoms with Crippen LogP contribution in [0.2, 0.25) is 0 Å². The molecule has 2 saturated carbocycles. The Bertz CT molecular complexity index is 1050. The van der Waals surface area contributed by atoms with E-state index in [0.29, 0.717) is 41.6 Å². The Morgan fingerprint density at radius 2 is 1.95 bits per heavy atom. The standard InChI is InChI=1S/C32H44BrNO4/c1-21(35)38-24-14-15-25-23(19-24)18-22(12-10-8-6-4-5-7-9-11-13-29(36)34-3)30-26(25)16-17-32(2)27(30)20-28(33)31(32)37/h11,13,15,22,26-28,30H,4-10,12,16-20H2,1-3H3,(H,34,36)/t22-,26?,27?,28-,30?,32+/m1/s1. The summed E-state index contributed by atoms with van der Waals surface area (Å²) in [6.45, 7) is 3.69. The minimum atomic E-state index is -0.279. The number of nitrogens with one attached hydrogen (secondary N) is 1. The van der Waals surface area contributed by atoms with Gasteiger partial charge in [0.05, 0.1) is 4.83 Å². The Hall–Kier alpha value is -1.91. The molecule has 4 rings (SSSR count). The molecule has 0 aromatic heterocycles. The van der Waals surface area contributed by atoms with Gasteiger partial charge in [0.2, 0.25) is 5.91 Å². The normalized spacial score (nSPS) is 32.1. The lowest BCUT2D eigenvalue weighted by molar-refractivity contribution is -0.137. The molecule has 0 spiro atoms. The molecule has 0 heterocycles. The summed E-state index contributed by atoms with van der Waals surface area (Å²) in [6, 6.07) is 0. The maximum atomic E-state index is 13.2. The first-order chi connectivity index (χ1) is 18.2. The molecule has 3 unspecified atom stereocenters. The summed E-state index contributed by atoms with van der Waals surface area (Å²) >= 11 is 3.72. The second-order valence-electron chi connectivity index (χ2n) is 12.0. The first kappa shape index (κ1) is 29.1. The van der Waals surface area contributed by atoms with Crippen molar-refractivity contribution in [2.75, 3.05) is 7.05 Å². The van der Waals surface area contributed by atoms with Crippen LogP contribution in [0.5, 0.6) is 0 Å². The summed E-state index contributed by atoms with van der Waals surface area (Å²) in [5.74, 6) is 2.80. The van der Waals surface area contributed by atoms with Crippen molar-refractivity contribution in [2.24, 2.45) is 29.1 Å². The van der Waals surface area contributed by atoms with Gasteiger partial charge in [-0.2, -0.15) is 0 Å². The maximum Gasteiger partial charge on any atom is 0.308 e. The van der Waals surface area contributed by atoms with Gasteiger partial charge in [-0.05, 0) is 86.3 Å². The molecule has 0 radical (unpaired) electrons. The largest absolute Gasteiger partial charge is 0.422 e. The fraction of sp³-hybridized carbons (Fsp3) is 0.688. The van der Waals surface area contributed by atoms with Crippen molar-refractivity contribution in [1.82, 2.24) is 5.32 Å². The van der Waals surface area contributed by atoms with Crippen molar-refractivity contribution in [3.63, 3.8) is 0 Å². The molecule has 0 aliphatic heterocycles. The fourth-order valence-electron chi connectivity index (χ4n) is 7.77. The Labute approximate surface area is 236 Å². The number of fused-ring (bicyclic) bond motifs is 4. The number of allylic oxidation sites excluding steroid dienone is 3. The first-order valence-electron chi connectivity index (χ1n) is 14.7. The number of alkyl halides is 1. The van der Waals surface area contributed by atoms with Crippen LogP contribution in [-0.4, -0.2) is 29.5 Å². The fourth-order valence-corrected chi connectivity index (χ4v) is 8.70. The van der Waals surface area contributed by atoms with E-state index in [-0.39, 0.29) is 22.1 Å². The second kappa shape index (κ2) is 13.0. The molecule has 2 fully saturated rings. The lowest BCUT2D eigenvalue weighted by atomic mass is 9.51. The number of ether oxygens (including phenoxy) is 1. The van der Waals surface area contributed by atoms with E-state index in [1.165, 1.54) is 56.6 Å². The molecule has 6 atom stereocenters. The zero-order chi connectivity index (χ0) is 27.3. The molecule has 0 aromatic carbocycles. The summed E-state index contributed by atoms with van der Waals surface area (Å²) in [7, 11) is 1.65. The van der Waals surface area contributed by atoms with Crippen LogP contribution in [0, 0.1) is 29.1 Å². The smallest absolute Gasteiger partial charge is 0.308 e. The number of amides is 1. The highest BCUT2D eigenvalue weighted by Crippen LogP contribution is 2.62. The van der Waals surface area contributed by atoms with Crippen LogP contribution in [0.1, 0.15) is 97.3 Å². The van der Waals surface area contributed by atoms with Crippen molar-refractivity contribution < 1.29 is 19.1 Å². The topological polar surface area (TPSA) is 72.5 Å². The van der Waals surface area contributed by atoms with Crippen molar-refractivity contribution in [2.45, 2.75) is 102 Å². The monoisotopic (exact) mass is 585 g/mol. The molecule has 6 heteroatoms. The molecule has 1 N–H and O–H groups in total. The van der Waals surface area contributed by atoms with E-state index in [9.17, 15) is 14.4 Å². The number of carbonyl (C=O) groups excluding carboxylic acids is 3. The van der Waals surface area contributed by atoms with E-state index in [1.807, 2.05) is 6.08 Å². The van der Waals surface area contributed by atoms with E-state index in [2.05, 4.69) is 40.0 Å². The molecule has 5 nitrogen and oxygen atoms in total. The Balaban J connectivity index is 1.36. The van der Waals surface area contributed by atoms with Crippen LogP contribution in [0.3, 0.4) is 0 Å². The molecule has 0 aromatic rings. The SMILES string of the molecule is CNC(=O)C=CCCCCCCCC[C@@H]1CC2=C(C=C=C(OC(C)=O)C2)C2CC[C@]3(C)C(=O)[C@H](Br)CC3C21. The van der Waals surface area contributed by atoms with Crippen molar-refractivity contribution >= 4 is 33.6 Å². The van der Waals surface area contributed by atoms with Gasteiger partial charge in [0.25, 0.3) is 0 Å². The number of hydrogen-bond donors (Lipinski definition) is 1. The Morgan fingerprint density at radius 3 is 2.68 bits per heavy atom. The van der Waals surface area contributed by atoms with Gasteiger partial charge in [-0.15, -0.1) is 0 Å². The zero-order valence-electron chi connectivity index (χ0n) is 23.3. The molecular formula is C32H44BrNO4. The molecule has 4 aliphatic rings. The summed E-state index contributed by atoms with van der Waals surface area (Å²) in [5.41, 5.74) is 5.92. The van der Waals surface area contributed by atoms with Crippen LogP contribution in [0.25, 0.3) is 0 Å². The highest BCUT2D eigenvalue weighted by molar-refractivity contribution is 9.10. The van der Waals surface area contributed by atoms with Crippen molar-refractivity contribution in [3.05, 3.63) is 40.9 Å². The average molecular weight is 587 g/mol. The van der Waals surface area contributed by atoms with Gasteiger partial charge in [-0.1, -0.05) is 72.3 Å². The zero-order valence-corrected chi connectivity index (χ0v) is 24.9. The van der Waals surface area contributed by atoms with Gasteiger partial charge in [-0.25, -0.2) is 0 Å². The van der Waals surface area contributed by atoms with Gasteiger partial charge in [0.1, 0.15) is 0 Å². The van der Waals surface area contributed by atoms with Gasteiger partial charge in [0.15, 0.2) is 11.5 Å². The molecule has 208 valence electrons. The van der Waals surface area contributed by atoms with Crippen molar-refractivity contribution in [3.8, 4) is 0 Å². The molecular weight excluding hydrogens is 542 g/mol. The van der Waals surface area contributed by atoms with E-state index in [4.69, 9.17) is 4.74 Å². The number of halogens is 1. The number of Topliss-reactive ketones (excluding diaryl/α,β-unsaturated/α-hetero) is 1. The summed E-state index contributed by atoms with van der Waals surface area (Å²) in [4.78, 5) is 36.0. The number of hydrogen-bond acceptors (Lipinski definition) is 4. The number of likely N-dealkylation sites (N-methyl/N-ethyl adjacent to an activating group) is 1. The Morgan fingerprint density at radius 1 is 1.21 bits per heavy atom. The number of rotatable bonds is 11. The molecule has 38 heavy (non-hydrogen) atoms. The van der Waals surface area contributed by atoms with E-state index in [0.717, 1.165) is 38.5 Å². The summed E-state index contributed by atoms with van der Waals surface area (Å²) in [5, 5.41) is 2.60. The highest BCUT2D eigenvalue weighted by Gasteiger charge is 2.59. The van der Waals surface area contributed by atoms with Gasteiger partial charge in [-0.3, -0.25) is 14.4 Å². The van der Waals surface area contributed by atoms with Crippen LogP contribution < -0.4 is 5.32 Å². The van der Waals surface area contributed by atoms with Crippen LogP contribution in [-0.2, 0) is 19.1 Å². The van der Waals surface area contributed by atoms with Gasteiger partial charge in [0, 0.05) is 25.8 Å². The lowest BCUT2D eigenvalue weighted by Crippen LogP contribution is -2.47. The van der Waals surface area contributed by atoms with E-state index >= 15 is 0 Å². The lowest BCUT2D eigenvalue weighted by Gasteiger charge is -2.52. The predicted octanol–water partition coefficient (Wildman–Crippen LogP) is 7.12. The van der Waals surface area contributed by atoms with Crippen LogP contribution in [0.4, 0.5) is 0 Å². The minimum Gasteiger partial charge on any atom is -0.422 e. The predicted molar refractivity (Wildman–Crippen MR) is 153 cm³/mol. The summed E-state index contributed by atoms with van der Waals surface area (Å²) in [6.07, 6.45) is 19.9. The number of unbranched alkanes of at least 4 members (excludes halogenated alkanes) is 6. The Kier molecular flexibility index (Phi) is 9.92. The maximum absolute atomic E-state index is 13.2. The molecule has 0 saturated heterocycles. The second-order valence-corrected chi connectivity index (χ2v) is 13.1. The van der Waals surface area contributed by atoms with Gasteiger partial charge >= 0.3 is 5.97 Å². The number of esters is 1. The molecule has 4 aliphatic carbocycles. The van der Waals surface area contributed by atoms with Gasteiger partial charge < -0.3 is 10.1 Å². The third kappa shape index (κ3) is 6.45. The van der Waals surface area contributed by atoms with Crippen molar-refractivity contribution in [1.29, 1.82) is 0 Å². The van der Waals surface area contributed by atoms with E-state index < -0.39 is 0 Å². The summed E-state index contributed by atoms with van der Waals surface area (Å²) < 4.78 is 5.43. The molecule has 0 bridgehead atoms. The highest BCUT2D eigenvalue weighted by atomic mass is 79.9. The van der Waals surface area contributed by atoms with Crippen LogP contribution in [0.15, 0.2) is 40.9 Å². The average Bonchev–Trinajstić information content (AvgIpc) is 3.12. The van der Waals surface area contributed by atoms with E-state index in [1.54, 1.807) is 13.1 Å². The quantitative estimate of drug-likeness (QED) is 0.0921. The van der Waals surface area contributed by atoms with Crippen LogP contribution >= 0.6 is 15.9 Å². The number of carbonyl (C=O) groups is 3. The first-order valence-corrected chi connectivity index (χ1v) is 15.6. The minimum absolute atomic E-state index is 0.00385. The third-order valence-corrected chi connectivity index (χ3v) is 10.4. The number of ketones is 1.